The van der Waals surface area contributed by atoms with Crippen LogP contribution in [0.4, 0.5) is 0 Å². The van der Waals surface area contributed by atoms with Gasteiger partial charge in [0.25, 0.3) is 5.88 Å². The number of benzene rings is 1. The third-order valence-electron chi connectivity index (χ3n) is 5.35. The van der Waals surface area contributed by atoms with Gasteiger partial charge in [0.05, 0.1) is 5.52 Å². The highest BCUT2D eigenvalue weighted by Crippen LogP contribution is 2.35. The monoisotopic (exact) mass is 376 g/mol. The van der Waals surface area contributed by atoms with Gasteiger partial charge in [-0.05, 0) is 41.2 Å². The maximum absolute atomic E-state index is 5.71. The van der Waals surface area contributed by atoms with E-state index >= 15 is 0 Å². The number of rotatable bonds is 3. The zero-order chi connectivity index (χ0) is 19.9. The molecule has 28 heavy (non-hydrogen) atoms. The van der Waals surface area contributed by atoms with Gasteiger partial charge < -0.3 is 9.47 Å². The van der Waals surface area contributed by atoms with Crippen LogP contribution in [0.25, 0.3) is 10.9 Å². The van der Waals surface area contributed by atoms with Crippen LogP contribution in [0.2, 0.25) is 0 Å². The highest BCUT2D eigenvalue weighted by molar-refractivity contribution is 5.79. The molecule has 0 fully saturated rings. The first-order chi connectivity index (χ1) is 13.2. The van der Waals surface area contributed by atoms with Crippen LogP contribution < -0.4 is 9.47 Å². The molecule has 146 valence electrons. The first kappa shape index (κ1) is 18.7. The van der Waals surface area contributed by atoms with E-state index in [0.717, 1.165) is 28.9 Å². The van der Waals surface area contributed by atoms with Crippen molar-refractivity contribution in [3.63, 3.8) is 0 Å². The number of ether oxygens (including phenoxy) is 2. The van der Waals surface area contributed by atoms with E-state index in [2.05, 4.69) is 76.0 Å². The van der Waals surface area contributed by atoms with Gasteiger partial charge in [-0.3, -0.25) is 4.98 Å². The van der Waals surface area contributed by atoms with E-state index in [-0.39, 0.29) is 10.8 Å². The summed E-state index contributed by atoms with van der Waals surface area (Å²) in [5, 5.41) is 1.18. The molecule has 4 nitrogen and oxygen atoms in total. The highest BCUT2D eigenvalue weighted by Gasteiger charge is 2.25. The first-order valence-electron chi connectivity index (χ1n) is 9.89. The molecule has 3 aromatic rings. The molecule has 0 atom stereocenters. The summed E-state index contributed by atoms with van der Waals surface area (Å²) in [5.74, 6) is 1.34. The second kappa shape index (κ2) is 6.77. The summed E-state index contributed by atoms with van der Waals surface area (Å²) in [4.78, 5) is 9.37. The van der Waals surface area contributed by atoms with Gasteiger partial charge in [0, 0.05) is 22.7 Å². The fraction of sp³-hybridized carbons (Fsp3) is 0.417. The molecule has 4 rings (SSSR count). The molecule has 1 aliphatic heterocycles. The lowest BCUT2D eigenvalue weighted by Crippen LogP contribution is -2.22. The van der Waals surface area contributed by atoms with Crippen LogP contribution in [-0.4, -0.2) is 23.2 Å². The number of hydrogen-bond donors (Lipinski definition) is 0. The van der Waals surface area contributed by atoms with Crippen LogP contribution in [0.3, 0.4) is 0 Å². The minimum absolute atomic E-state index is 0.0420. The Morgan fingerprint density at radius 2 is 1.68 bits per heavy atom. The van der Waals surface area contributed by atoms with Gasteiger partial charge >= 0.3 is 0 Å². The average Bonchev–Trinajstić information content (AvgIpc) is 2.66. The van der Waals surface area contributed by atoms with Crippen molar-refractivity contribution >= 4 is 10.9 Å². The highest BCUT2D eigenvalue weighted by atomic mass is 16.6. The molecule has 0 amide bonds. The summed E-state index contributed by atoms with van der Waals surface area (Å²) >= 11 is 0. The quantitative estimate of drug-likeness (QED) is 0.629. The van der Waals surface area contributed by atoms with Crippen molar-refractivity contribution in [2.24, 2.45) is 0 Å². The number of hydrogen-bond acceptors (Lipinski definition) is 4. The fourth-order valence-electron chi connectivity index (χ4n) is 3.61. The molecule has 0 aliphatic carbocycles. The topological polar surface area (TPSA) is 44.2 Å². The molecule has 0 spiro atoms. The smallest absolute Gasteiger partial charge is 0.257 e. The summed E-state index contributed by atoms with van der Waals surface area (Å²) in [6.07, 6.45) is 2.80. The van der Waals surface area contributed by atoms with Gasteiger partial charge in [-0.2, -0.15) is 0 Å². The second-order valence-electron chi connectivity index (χ2n) is 9.26. The summed E-state index contributed by atoms with van der Waals surface area (Å²) < 4.78 is 11.3. The third kappa shape index (κ3) is 3.68. The lowest BCUT2D eigenvalue weighted by Gasteiger charge is -2.27. The van der Waals surface area contributed by atoms with E-state index in [1.165, 1.54) is 10.9 Å². The minimum Gasteiger partial charge on any atom is -0.484 e. The van der Waals surface area contributed by atoms with Crippen LogP contribution in [-0.2, 0) is 17.3 Å². The second-order valence-corrected chi connectivity index (χ2v) is 9.26. The van der Waals surface area contributed by atoms with Gasteiger partial charge in [-0.25, -0.2) is 4.98 Å². The average molecular weight is 377 g/mol. The zero-order valence-electron chi connectivity index (χ0n) is 17.4. The third-order valence-corrected chi connectivity index (χ3v) is 5.35. The van der Waals surface area contributed by atoms with E-state index in [1.54, 1.807) is 0 Å². The van der Waals surface area contributed by atoms with Gasteiger partial charge in [-0.1, -0.05) is 52.8 Å². The maximum Gasteiger partial charge on any atom is 0.257 e. The Morgan fingerprint density at radius 3 is 2.46 bits per heavy atom. The summed E-state index contributed by atoms with van der Waals surface area (Å²) in [7, 11) is 0. The van der Waals surface area contributed by atoms with Gasteiger partial charge in [0.1, 0.15) is 13.2 Å². The molecule has 2 aromatic heterocycles. The van der Waals surface area contributed by atoms with Crippen LogP contribution >= 0.6 is 0 Å². The minimum atomic E-state index is -0.0852. The molecule has 0 unspecified atom stereocenters. The van der Waals surface area contributed by atoms with Crippen molar-refractivity contribution in [3.05, 3.63) is 59.4 Å². The molecule has 4 heteroatoms. The van der Waals surface area contributed by atoms with Gasteiger partial charge in [0.15, 0.2) is 5.75 Å². The molecule has 0 saturated carbocycles. The number of pyridine rings is 2. The lowest BCUT2D eigenvalue weighted by atomic mass is 9.79. The van der Waals surface area contributed by atoms with Gasteiger partial charge in [-0.15, -0.1) is 0 Å². The standard InChI is InChI=1S/C24H28N2O2/c1-23(2,3)21-9-8-17-7-6-16(12-19(17)26-21)14-24(4,5)18-13-20-22(25-15-18)28-11-10-27-20/h6-9,12-13,15H,10-11,14H2,1-5H3. The molecule has 0 radical (unpaired) electrons. The van der Waals surface area contributed by atoms with Crippen molar-refractivity contribution in [1.82, 2.24) is 9.97 Å². The molecular formula is C24H28N2O2. The van der Waals surface area contributed by atoms with Crippen molar-refractivity contribution in [3.8, 4) is 11.6 Å². The van der Waals surface area contributed by atoms with Crippen molar-refractivity contribution in [1.29, 1.82) is 0 Å². The van der Waals surface area contributed by atoms with E-state index in [1.807, 2.05) is 6.20 Å². The van der Waals surface area contributed by atoms with Crippen LogP contribution in [0.15, 0.2) is 42.6 Å². The zero-order valence-corrected chi connectivity index (χ0v) is 17.4. The Hall–Kier alpha value is -2.62. The Bertz CT molecular complexity index is 1020. The Labute approximate surface area is 166 Å². The lowest BCUT2D eigenvalue weighted by molar-refractivity contribution is 0.164. The van der Waals surface area contributed by atoms with Crippen LogP contribution in [0, 0.1) is 0 Å². The molecule has 0 N–H and O–H groups in total. The largest absolute Gasteiger partial charge is 0.484 e. The first-order valence-corrected chi connectivity index (χ1v) is 9.89. The summed E-state index contributed by atoms with van der Waals surface area (Å²) in [5.41, 5.74) is 4.55. The molecular weight excluding hydrogens is 348 g/mol. The van der Waals surface area contributed by atoms with Crippen molar-refractivity contribution in [2.45, 2.75) is 51.9 Å². The molecule has 0 saturated heterocycles. The number of nitrogens with zero attached hydrogens (tertiary/aromatic N) is 2. The summed E-state index contributed by atoms with van der Waals surface area (Å²) in [6.45, 7) is 12.2. The van der Waals surface area contributed by atoms with Crippen molar-refractivity contribution < 1.29 is 9.47 Å². The SMILES string of the molecule is CC(C)(C)c1ccc2ccc(CC(C)(C)c3cnc4c(c3)OCCO4)cc2n1. The number of aromatic nitrogens is 2. The van der Waals surface area contributed by atoms with E-state index < -0.39 is 0 Å². The molecule has 3 heterocycles. The molecule has 1 aromatic carbocycles. The number of fused-ring (bicyclic) bond motifs is 2. The normalized spacial score (nSPS) is 14.3. The van der Waals surface area contributed by atoms with Crippen LogP contribution in [0.5, 0.6) is 11.6 Å². The predicted octanol–water partition coefficient (Wildman–Crippen LogP) is 5.22. The van der Waals surface area contributed by atoms with E-state index in [9.17, 15) is 0 Å². The molecule has 1 aliphatic rings. The van der Waals surface area contributed by atoms with Gasteiger partial charge in [0.2, 0.25) is 0 Å². The maximum atomic E-state index is 5.71. The van der Waals surface area contributed by atoms with Crippen LogP contribution in [0.1, 0.15) is 51.4 Å². The van der Waals surface area contributed by atoms with E-state index in [4.69, 9.17) is 14.5 Å². The molecule has 0 bridgehead atoms. The fourth-order valence-corrected chi connectivity index (χ4v) is 3.61. The predicted molar refractivity (Wildman–Crippen MR) is 112 cm³/mol. The van der Waals surface area contributed by atoms with Crippen molar-refractivity contribution in [2.75, 3.05) is 13.2 Å². The Balaban J connectivity index is 1.64. The Kier molecular flexibility index (Phi) is 4.53. The van der Waals surface area contributed by atoms with E-state index in [0.29, 0.717) is 19.1 Å². The Morgan fingerprint density at radius 1 is 0.929 bits per heavy atom. The summed E-state index contributed by atoms with van der Waals surface area (Å²) in [6, 6.07) is 13.0.